The Balaban J connectivity index is 2.07. The van der Waals surface area contributed by atoms with Gasteiger partial charge in [0, 0.05) is 12.3 Å². The van der Waals surface area contributed by atoms with Gasteiger partial charge in [0.2, 0.25) is 0 Å². The number of allylic oxidation sites excluding steroid dienone is 2. The minimum Gasteiger partial charge on any atom is -0.299 e. The zero-order valence-electron chi connectivity index (χ0n) is 9.31. The summed E-state index contributed by atoms with van der Waals surface area (Å²) in [4.78, 5) is 11.8. The van der Waals surface area contributed by atoms with Crippen LogP contribution in [0.1, 0.15) is 52.4 Å². The monoisotopic (exact) mass is 192 g/mol. The first-order chi connectivity index (χ1) is 6.67. The van der Waals surface area contributed by atoms with Crippen molar-refractivity contribution in [1.29, 1.82) is 0 Å². The summed E-state index contributed by atoms with van der Waals surface area (Å²) < 4.78 is 0. The Kier molecular flexibility index (Phi) is 2.50. The summed E-state index contributed by atoms with van der Waals surface area (Å²) >= 11 is 0. The lowest BCUT2D eigenvalue weighted by Crippen LogP contribution is -2.44. The summed E-state index contributed by atoms with van der Waals surface area (Å²) in [6.07, 6.45) is 9.15. The van der Waals surface area contributed by atoms with E-state index in [-0.39, 0.29) is 5.41 Å². The molecular weight excluding hydrogens is 172 g/mol. The molecule has 0 N–H and O–H groups in total. The third kappa shape index (κ3) is 1.43. The fraction of sp³-hybridized carbons (Fsp3) is 0.769. The predicted octanol–water partition coefficient (Wildman–Crippen LogP) is 3.49. The molecule has 0 saturated heterocycles. The van der Waals surface area contributed by atoms with Crippen LogP contribution < -0.4 is 0 Å². The number of carbonyl (C=O) groups is 1. The highest BCUT2D eigenvalue weighted by molar-refractivity contribution is 5.87. The molecule has 2 aliphatic carbocycles. The highest BCUT2D eigenvalue weighted by Crippen LogP contribution is 2.53. The number of ketones is 1. The molecule has 1 fully saturated rings. The van der Waals surface area contributed by atoms with Crippen LogP contribution in [0.5, 0.6) is 0 Å². The Morgan fingerprint density at radius 3 is 3.00 bits per heavy atom. The number of carbonyl (C=O) groups excluding carboxylic acids is 1. The van der Waals surface area contributed by atoms with Gasteiger partial charge in [-0.2, -0.15) is 0 Å². The maximum atomic E-state index is 11.8. The van der Waals surface area contributed by atoms with E-state index in [1.165, 1.54) is 24.8 Å². The minimum atomic E-state index is 0.248. The second-order valence-electron chi connectivity index (χ2n) is 5.08. The van der Waals surface area contributed by atoms with Crippen molar-refractivity contribution in [2.75, 3.05) is 0 Å². The van der Waals surface area contributed by atoms with E-state index in [9.17, 15) is 4.79 Å². The third-order valence-electron chi connectivity index (χ3n) is 3.82. The highest BCUT2D eigenvalue weighted by atomic mass is 16.1. The number of Topliss-reactive ketones (excluding diaryl/α,β-unsaturated/α-hetero) is 1. The minimum absolute atomic E-state index is 0.248. The van der Waals surface area contributed by atoms with Crippen LogP contribution in [0.2, 0.25) is 0 Å². The van der Waals surface area contributed by atoms with E-state index in [0.29, 0.717) is 11.7 Å². The topological polar surface area (TPSA) is 17.1 Å². The Bertz CT molecular complexity index is 277. The van der Waals surface area contributed by atoms with Gasteiger partial charge in [0.1, 0.15) is 5.78 Å². The lowest BCUT2D eigenvalue weighted by atomic mass is 9.55. The van der Waals surface area contributed by atoms with Crippen molar-refractivity contribution in [2.45, 2.75) is 52.4 Å². The van der Waals surface area contributed by atoms with Crippen LogP contribution in [-0.2, 0) is 4.79 Å². The number of unbranched alkanes of at least 4 members (excludes halogenated alkanes) is 1. The van der Waals surface area contributed by atoms with Gasteiger partial charge in [-0.1, -0.05) is 31.9 Å². The van der Waals surface area contributed by atoms with Crippen molar-refractivity contribution in [2.24, 2.45) is 11.3 Å². The smallest absolute Gasteiger partial charge is 0.140 e. The van der Waals surface area contributed by atoms with Crippen molar-refractivity contribution in [1.82, 2.24) is 0 Å². The van der Waals surface area contributed by atoms with Gasteiger partial charge in [0.25, 0.3) is 0 Å². The molecule has 14 heavy (non-hydrogen) atoms. The lowest BCUT2D eigenvalue weighted by Gasteiger charge is -2.48. The van der Waals surface area contributed by atoms with E-state index in [1.54, 1.807) is 0 Å². The Morgan fingerprint density at radius 2 is 2.36 bits per heavy atom. The summed E-state index contributed by atoms with van der Waals surface area (Å²) in [5, 5.41) is 0. The van der Waals surface area contributed by atoms with Crippen molar-refractivity contribution in [3.05, 3.63) is 11.6 Å². The molecule has 0 aliphatic heterocycles. The van der Waals surface area contributed by atoms with Crippen LogP contribution in [0, 0.1) is 11.3 Å². The molecule has 0 aromatic rings. The summed E-state index contributed by atoms with van der Waals surface area (Å²) in [6.45, 7) is 4.46. The highest BCUT2D eigenvalue weighted by Gasteiger charge is 2.48. The normalized spacial score (nSPS) is 36.0. The van der Waals surface area contributed by atoms with Crippen LogP contribution >= 0.6 is 0 Å². The number of hydrogen-bond donors (Lipinski definition) is 0. The van der Waals surface area contributed by atoms with Crippen LogP contribution in [-0.4, -0.2) is 5.78 Å². The van der Waals surface area contributed by atoms with Crippen molar-refractivity contribution < 1.29 is 4.79 Å². The van der Waals surface area contributed by atoms with Crippen molar-refractivity contribution in [3.8, 4) is 0 Å². The number of rotatable bonds is 3. The summed E-state index contributed by atoms with van der Waals surface area (Å²) in [7, 11) is 0. The zero-order valence-corrected chi connectivity index (χ0v) is 9.31. The molecule has 1 heteroatoms. The largest absolute Gasteiger partial charge is 0.299 e. The van der Waals surface area contributed by atoms with E-state index in [0.717, 1.165) is 19.3 Å². The molecular formula is C13H20O. The first kappa shape index (κ1) is 9.95. The first-order valence-corrected chi connectivity index (χ1v) is 5.92. The van der Waals surface area contributed by atoms with Gasteiger partial charge in [-0.15, -0.1) is 0 Å². The maximum Gasteiger partial charge on any atom is 0.140 e. The Hall–Kier alpha value is -0.590. The summed E-state index contributed by atoms with van der Waals surface area (Å²) in [5.41, 5.74) is 1.69. The fourth-order valence-electron chi connectivity index (χ4n) is 3.09. The van der Waals surface area contributed by atoms with Gasteiger partial charge >= 0.3 is 0 Å². The molecule has 2 unspecified atom stereocenters. The molecule has 0 aromatic carbocycles. The van der Waals surface area contributed by atoms with Gasteiger partial charge in [-0.05, 0) is 31.1 Å². The second kappa shape index (κ2) is 3.52. The molecule has 0 aromatic heterocycles. The predicted molar refractivity (Wildman–Crippen MR) is 58.1 cm³/mol. The SMILES string of the molecule is CCCCC1=CC2(C)CCCC(=O)C12. The Labute approximate surface area is 86.6 Å². The van der Waals surface area contributed by atoms with Crippen LogP contribution in [0.3, 0.4) is 0 Å². The lowest BCUT2D eigenvalue weighted by molar-refractivity contribution is -0.128. The molecule has 1 saturated carbocycles. The van der Waals surface area contributed by atoms with E-state index in [2.05, 4.69) is 19.9 Å². The van der Waals surface area contributed by atoms with Gasteiger partial charge in [-0.25, -0.2) is 0 Å². The van der Waals surface area contributed by atoms with Gasteiger partial charge in [0.15, 0.2) is 0 Å². The van der Waals surface area contributed by atoms with Crippen molar-refractivity contribution >= 4 is 5.78 Å². The van der Waals surface area contributed by atoms with Gasteiger partial charge < -0.3 is 0 Å². The molecule has 0 spiro atoms. The fourth-order valence-corrected chi connectivity index (χ4v) is 3.09. The number of fused-ring (bicyclic) bond motifs is 1. The van der Waals surface area contributed by atoms with Crippen molar-refractivity contribution in [3.63, 3.8) is 0 Å². The molecule has 2 aliphatic rings. The van der Waals surface area contributed by atoms with Gasteiger partial charge in [0.05, 0.1) is 0 Å². The van der Waals surface area contributed by atoms with Crippen LogP contribution in [0.25, 0.3) is 0 Å². The van der Waals surface area contributed by atoms with E-state index >= 15 is 0 Å². The number of hydrogen-bond acceptors (Lipinski definition) is 1. The molecule has 0 radical (unpaired) electrons. The molecule has 2 atom stereocenters. The third-order valence-corrected chi connectivity index (χ3v) is 3.82. The Morgan fingerprint density at radius 1 is 1.57 bits per heavy atom. The average molecular weight is 192 g/mol. The van der Waals surface area contributed by atoms with E-state index in [4.69, 9.17) is 0 Å². The van der Waals surface area contributed by atoms with Gasteiger partial charge in [-0.3, -0.25) is 4.79 Å². The molecule has 0 amide bonds. The quantitative estimate of drug-likeness (QED) is 0.625. The standard InChI is InChI=1S/C13H20O/c1-3-4-6-10-9-13(2)8-5-7-11(14)12(10)13/h9,12H,3-8H2,1-2H3. The molecule has 0 bridgehead atoms. The summed E-state index contributed by atoms with van der Waals surface area (Å²) in [6, 6.07) is 0. The molecule has 0 heterocycles. The molecule has 78 valence electrons. The molecule has 2 rings (SSSR count). The second-order valence-corrected chi connectivity index (χ2v) is 5.08. The molecule has 1 nitrogen and oxygen atoms in total. The van der Waals surface area contributed by atoms with Crippen LogP contribution in [0.4, 0.5) is 0 Å². The summed E-state index contributed by atoms with van der Waals surface area (Å²) in [5.74, 6) is 0.815. The zero-order chi connectivity index (χ0) is 10.2. The maximum absolute atomic E-state index is 11.8. The van der Waals surface area contributed by atoms with Crippen LogP contribution in [0.15, 0.2) is 11.6 Å². The van der Waals surface area contributed by atoms with E-state index < -0.39 is 0 Å². The van der Waals surface area contributed by atoms with E-state index in [1.807, 2.05) is 0 Å². The first-order valence-electron chi connectivity index (χ1n) is 5.92. The average Bonchev–Trinajstić information content (AvgIpc) is 2.10.